The number of carbonyl (C=O) groups is 4. The molecule has 8 nitrogen and oxygen atoms in total. The summed E-state index contributed by atoms with van der Waals surface area (Å²) in [5.41, 5.74) is 0.839. The van der Waals surface area contributed by atoms with Crippen LogP contribution in [0.4, 0.5) is 4.79 Å². The third-order valence-corrected chi connectivity index (χ3v) is 5.05. The molecule has 1 aliphatic rings. The molecule has 0 spiro atoms. The van der Waals surface area contributed by atoms with Crippen molar-refractivity contribution in [1.29, 1.82) is 0 Å². The Morgan fingerprint density at radius 2 is 1.87 bits per heavy atom. The number of amides is 3. The van der Waals surface area contributed by atoms with Crippen LogP contribution in [0.25, 0.3) is 0 Å². The van der Waals surface area contributed by atoms with Crippen molar-refractivity contribution in [2.24, 2.45) is 11.8 Å². The van der Waals surface area contributed by atoms with Gasteiger partial charge in [0, 0.05) is 18.9 Å². The van der Waals surface area contributed by atoms with Gasteiger partial charge in [0.1, 0.15) is 6.04 Å². The highest BCUT2D eigenvalue weighted by atomic mass is 32.1. The maximum Gasteiger partial charge on any atom is 0.407 e. The van der Waals surface area contributed by atoms with Crippen LogP contribution in [0.15, 0.2) is 30.3 Å². The van der Waals surface area contributed by atoms with Gasteiger partial charge in [0.05, 0.1) is 12.6 Å². The van der Waals surface area contributed by atoms with Crippen LogP contribution >= 0.6 is 12.6 Å². The Bertz CT molecular complexity index is 756. The molecule has 1 aromatic rings. The highest BCUT2D eigenvalue weighted by molar-refractivity contribution is 7.96. The van der Waals surface area contributed by atoms with Gasteiger partial charge in [-0.05, 0) is 24.3 Å². The molecule has 3 N–H and O–H groups in total. The van der Waals surface area contributed by atoms with E-state index in [1.165, 1.54) is 0 Å². The Kier molecular flexibility index (Phi) is 9.16. The first-order valence-electron chi connectivity index (χ1n) is 10.0. The van der Waals surface area contributed by atoms with Gasteiger partial charge in [-0.25, -0.2) is 4.79 Å². The molecule has 164 valence electrons. The summed E-state index contributed by atoms with van der Waals surface area (Å²) < 4.78 is 5.13. The predicted octanol–water partition coefficient (Wildman–Crippen LogP) is 1.45. The van der Waals surface area contributed by atoms with Gasteiger partial charge in [0.15, 0.2) is 0 Å². The minimum absolute atomic E-state index is 0.139. The van der Waals surface area contributed by atoms with E-state index < -0.39 is 29.2 Å². The second-order valence-electron chi connectivity index (χ2n) is 7.79. The molecule has 1 heterocycles. The van der Waals surface area contributed by atoms with Gasteiger partial charge in [-0.15, -0.1) is 12.6 Å². The number of hydrogen-bond donors (Lipinski definition) is 4. The lowest BCUT2D eigenvalue weighted by molar-refractivity contribution is -0.128. The SMILES string of the molecule is CC(C)COC(=O)N[C@@H](Cc1ccccc1)C(=O)N[C@@H](C[C@@H]1CCNC1=O)C(=O)S. The summed E-state index contributed by atoms with van der Waals surface area (Å²) in [6.07, 6.45) is 0.277. The Balaban J connectivity index is 2.07. The van der Waals surface area contributed by atoms with E-state index in [1.54, 1.807) is 0 Å². The van der Waals surface area contributed by atoms with Gasteiger partial charge in [-0.3, -0.25) is 14.4 Å². The van der Waals surface area contributed by atoms with E-state index in [0.29, 0.717) is 13.0 Å². The fraction of sp³-hybridized carbons (Fsp3) is 0.524. The first-order valence-corrected chi connectivity index (χ1v) is 10.5. The van der Waals surface area contributed by atoms with Crippen molar-refractivity contribution in [3.8, 4) is 0 Å². The molecule has 0 aliphatic carbocycles. The van der Waals surface area contributed by atoms with Crippen molar-refractivity contribution in [1.82, 2.24) is 16.0 Å². The summed E-state index contributed by atoms with van der Waals surface area (Å²) in [5.74, 6) is -0.880. The number of alkyl carbamates (subject to hydrolysis) is 1. The first kappa shape index (κ1) is 23.7. The van der Waals surface area contributed by atoms with E-state index in [0.717, 1.165) is 5.56 Å². The maximum atomic E-state index is 12.9. The van der Waals surface area contributed by atoms with Crippen LogP contribution < -0.4 is 16.0 Å². The van der Waals surface area contributed by atoms with Crippen LogP contribution in [-0.4, -0.2) is 48.3 Å². The molecular weight excluding hydrogens is 406 g/mol. The zero-order chi connectivity index (χ0) is 22.1. The van der Waals surface area contributed by atoms with E-state index in [-0.39, 0.29) is 37.2 Å². The highest BCUT2D eigenvalue weighted by Gasteiger charge is 2.32. The number of nitrogens with one attached hydrogen (secondary N) is 3. The summed E-state index contributed by atoms with van der Waals surface area (Å²) in [5, 5.41) is 7.39. The van der Waals surface area contributed by atoms with Crippen molar-refractivity contribution >= 4 is 35.7 Å². The zero-order valence-corrected chi connectivity index (χ0v) is 18.1. The van der Waals surface area contributed by atoms with E-state index >= 15 is 0 Å². The number of benzene rings is 1. The summed E-state index contributed by atoms with van der Waals surface area (Å²) in [4.78, 5) is 48.9. The van der Waals surface area contributed by atoms with Crippen molar-refractivity contribution < 1.29 is 23.9 Å². The van der Waals surface area contributed by atoms with E-state index in [9.17, 15) is 19.2 Å². The minimum Gasteiger partial charge on any atom is -0.449 e. The third-order valence-electron chi connectivity index (χ3n) is 4.74. The molecule has 0 aromatic heterocycles. The monoisotopic (exact) mass is 435 g/mol. The van der Waals surface area contributed by atoms with Gasteiger partial charge < -0.3 is 20.7 Å². The molecule has 3 atom stereocenters. The Labute approximate surface area is 181 Å². The Hall–Kier alpha value is -2.55. The van der Waals surface area contributed by atoms with Crippen LogP contribution in [0.2, 0.25) is 0 Å². The number of ether oxygens (including phenoxy) is 1. The van der Waals surface area contributed by atoms with Crippen molar-refractivity contribution in [2.75, 3.05) is 13.2 Å². The summed E-state index contributed by atoms with van der Waals surface area (Å²) in [7, 11) is 0. The Morgan fingerprint density at radius 1 is 1.17 bits per heavy atom. The van der Waals surface area contributed by atoms with Crippen molar-refractivity contribution in [3.05, 3.63) is 35.9 Å². The average Bonchev–Trinajstić information content (AvgIpc) is 3.10. The van der Waals surface area contributed by atoms with E-state index in [1.807, 2.05) is 44.2 Å². The second-order valence-corrected chi connectivity index (χ2v) is 8.23. The van der Waals surface area contributed by atoms with Gasteiger partial charge in [0.25, 0.3) is 0 Å². The molecule has 0 bridgehead atoms. The molecule has 0 radical (unpaired) electrons. The first-order chi connectivity index (χ1) is 14.3. The lowest BCUT2D eigenvalue weighted by Gasteiger charge is -2.23. The topological polar surface area (TPSA) is 114 Å². The van der Waals surface area contributed by atoms with Crippen LogP contribution in [0.1, 0.15) is 32.3 Å². The highest BCUT2D eigenvalue weighted by Crippen LogP contribution is 2.17. The molecular formula is C21H29N3O5S. The summed E-state index contributed by atoms with van der Waals surface area (Å²) >= 11 is 3.87. The molecule has 1 aromatic carbocycles. The molecule has 0 saturated carbocycles. The summed E-state index contributed by atoms with van der Waals surface area (Å²) in [6, 6.07) is 7.32. The number of thiol groups is 1. The minimum atomic E-state index is -0.945. The lowest BCUT2D eigenvalue weighted by atomic mass is 9.98. The zero-order valence-electron chi connectivity index (χ0n) is 17.2. The van der Waals surface area contributed by atoms with Gasteiger partial charge in [0.2, 0.25) is 16.9 Å². The number of hydrogen-bond acceptors (Lipinski definition) is 5. The van der Waals surface area contributed by atoms with Crippen LogP contribution in [0.3, 0.4) is 0 Å². The largest absolute Gasteiger partial charge is 0.449 e. The fourth-order valence-electron chi connectivity index (χ4n) is 3.13. The smallest absolute Gasteiger partial charge is 0.407 e. The van der Waals surface area contributed by atoms with Crippen molar-refractivity contribution in [3.63, 3.8) is 0 Å². The maximum absolute atomic E-state index is 12.9. The molecule has 1 saturated heterocycles. The second kappa shape index (κ2) is 11.6. The number of carbonyl (C=O) groups excluding carboxylic acids is 4. The molecule has 0 unspecified atom stereocenters. The van der Waals surface area contributed by atoms with Crippen LogP contribution in [0.5, 0.6) is 0 Å². The van der Waals surface area contributed by atoms with Gasteiger partial charge in [-0.1, -0.05) is 44.2 Å². The molecule has 30 heavy (non-hydrogen) atoms. The summed E-state index contributed by atoms with van der Waals surface area (Å²) in [6.45, 7) is 4.58. The van der Waals surface area contributed by atoms with E-state index in [4.69, 9.17) is 4.74 Å². The predicted molar refractivity (Wildman–Crippen MR) is 115 cm³/mol. The average molecular weight is 436 g/mol. The molecule has 9 heteroatoms. The normalized spacial score (nSPS) is 17.7. The van der Waals surface area contributed by atoms with E-state index in [2.05, 4.69) is 28.6 Å². The lowest BCUT2D eigenvalue weighted by Crippen LogP contribution is -2.52. The quantitative estimate of drug-likeness (QED) is 0.416. The van der Waals surface area contributed by atoms with Crippen LogP contribution in [-0.2, 0) is 25.5 Å². The third kappa shape index (κ3) is 7.70. The van der Waals surface area contributed by atoms with Gasteiger partial charge in [-0.2, -0.15) is 0 Å². The molecule has 1 aliphatic heterocycles. The Morgan fingerprint density at radius 3 is 2.43 bits per heavy atom. The van der Waals surface area contributed by atoms with Gasteiger partial charge >= 0.3 is 6.09 Å². The van der Waals surface area contributed by atoms with Crippen molar-refractivity contribution in [2.45, 2.75) is 45.2 Å². The molecule has 1 fully saturated rings. The number of rotatable bonds is 10. The molecule has 3 amide bonds. The van der Waals surface area contributed by atoms with Crippen LogP contribution in [0, 0.1) is 11.8 Å². The fourth-order valence-corrected chi connectivity index (χ4v) is 3.30. The standard InChI is InChI=1S/C21H29N3O5S/c1-13(2)12-29-21(28)24-16(10-14-6-4-3-5-7-14)19(26)23-17(20(27)30)11-15-8-9-22-18(15)25/h3-7,13,15-17H,8-12H2,1-2H3,(H,22,25)(H,23,26)(H,24,28)(H,27,30)/t15-,16-,17-/m0/s1. The molecule has 2 rings (SSSR count).